The lowest BCUT2D eigenvalue weighted by Gasteiger charge is -2.06. The lowest BCUT2D eigenvalue weighted by Crippen LogP contribution is -2.31. The lowest BCUT2D eigenvalue weighted by atomic mass is 10.1. The molecule has 5 nitrogen and oxygen atoms in total. The van der Waals surface area contributed by atoms with Gasteiger partial charge in [-0.05, 0) is 36.2 Å². The van der Waals surface area contributed by atoms with Crippen LogP contribution in [0, 0.1) is 0 Å². The summed E-state index contributed by atoms with van der Waals surface area (Å²) in [7, 11) is 0. The summed E-state index contributed by atoms with van der Waals surface area (Å²) in [6, 6.07) is 10.7. The summed E-state index contributed by atoms with van der Waals surface area (Å²) < 4.78 is 4.95. The molecule has 1 heterocycles. The number of nitrogens with one attached hydrogen (secondary N) is 2. The van der Waals surface area contributed by atoms with Crippen LogP contribution in [-0.4, -0.2) is 24.9 Å². The van der Waals surface area contributed by atoms with Crippen LogP contribution in [0.15, 0.2) is 47.1 Å². The first-order chi connectivity index (χ1) is 10.6. The molecule has 0 atom stereocenters. The topological polar surface area (TPSA) is 71.3 Å². The zero-order chi connectivity index (χ0) is 15.8. The zero-order valence-electron chi connectivity index (χ0n) is 12.0. The minimum atomic E-state index is -0.322. The number of hydrogen-bond acceptors (Lipinski definition) is 3. The minimum absolute atomic E-state index is 0.109. The van der Waals surface area contributed by atoms with Crippen LogP contribution in [0.25, 0.3) is 0 Å². The van der Waals surface area contributed by atoms with Crippen LogP contribution >= 0.6 is 11.6 Å². The van der Waals surface area contributed by atoms with Gasteiger partial charge in [-0.15, -0.1) is 0 Å². The first kappa shape index (κ1) is 16.1. The van der Waals surface area contributed by atoms with E-state index < -0.39 is 0 Å². The van der Waals surface area contributed by atoms with Crippen molar-refractivity contribution in [2.45, 2.75) is 12.8 Å². The van der Waals surface area contributed by atoms with Gasteiger partial charge in [0.1, 0.15) is 0 Å². The monoisotopic (exact) mass is 320 g/mol. The van der Waals surface area contributed by atoms with Crippen LogP contribution in [0.5, 0.6) is 0 Å². The highest BCUT2D eigenvalue weighted by Crippen LogP contribution is 2.10. The second kappa shape index (κ2) is 8.24. The van der Waals surface area contributed by atoms with Gasteiger partial charge in [-0.25, -0.2) is 0 Å². The maximum Gasteiger partial charge on any atom is 0.286 e. The Kier molecular flexibility index (Phi) is 6.03. The van der Waals surface area contributed by atoms with Crippen molar-refractivity contribution >= 4 is 23.4 Å². The Hall–Kier alpha value is -2.27. The van der Waals surface area contributed by atoms with Crippen molar-refractivity contribution in [1.82, 2.24) is 10.6 Å². The Labute approximate surface area is 133 Å². The van der Waals surface area contributed by atoms with Gasteiger partial charge in [-0.3, -0.25) is 9.59 Å². The molecule has 116 valence electrons. The number of benzene rings is 1. The van der Waals surface area contributed by atoms with E-state index >= 15 is 0 Å². The fourth-order valence-corrected chi connectivity index (χ4v) is 2.12. The largest absolute Gasteiger partial charge is 0.459 e. The van der Waals surface area contributed by atoms with E-state index in [-0.39, 0.29) is 30.5 Å². The van der Waals surface area contributed by atoms with Gasteiger partial charge in [-0.1, -0.05) is 23.7 Å². The molecule has 1 aromatic carbocycles. The summed E-state index contributed by atoms with van der Waals surface area (Å²) in [6.45, 7) is 0.799. The summed E-state index contributed by atoms with van der Waals surface area (Å²) in [5.74, 6) is -0.195. The molecule has 6 heteroatoms. The smallest absolute Gasteiger partial charge is 0.286 e. The number of furan rings is 1. The fraction of sp³-hybridized carbons (Fsp3) is 0.250. The Balaban J connectivity index is 1.61. The van der Waals surface area contributed by atoms with Crippen molar-refractivity contribution in [3.05, 3.63) is 59.0 Å². The third-order valence-electron chi connectivity index (χ3n) is 3.01. The van der Waals surface area contributed by atoms with E-state index in [2.05, 4.69) is 10.6 Å². The van der Waals surface area contributed by atoms with Crippen molar-refractivity contribution in [3.8, 4) is 0 Å². The lowest BCUT2D eigenvalue weighted by molar-refractivity contribution is -0.120. The predicted octanol–water partition coefficient (Wildman–Crippen LogP) is 2.41. The van der Waals surface area contributed by atoms with Gasteiger partial charge in [0.25, 0.3) is 5.91 Å². The van der Waals surface area contributed by atoms with E-state index in [1.807, 2.05) is 24.3 Å². The first-order valence-electron chi connectivity index (χ1n) is 6.98. The Morgan fingerprint density at radius 3 is 2.68 bits per heavy atom. The Morgan fingerprint density at radius 1 is 1.09 bits per heavy atom. The summed E-state index contributed by atoms with van der Waals surface area (Å²) >= 11 is 5.89. The van der Waals surface area contributed by atoms with Crippen molar-refractivity contribution in [2.24, 2.45) is 0 Å². The molecule has 2 rings (SSSR count). The molecule has 0 saturated heterocycles. The van der Waals surface area contributed by atoms with Crippen molar-refractivity contribution in [2.75, 3.05) is 13.1 Å². The maximum atomic E-state index is 11.7. The van der Waals surface area contributed by atoms with E-state index in [0.717, 1.165) is 5.56 Å². The van der Waals surface area contributed by atoms with Crippen LogP contribution in [0.2, 0.25) is 5.02 Å². The molecule has 0 unspecified atom stereocenters. The van der Waals surface area contributed by atoms with Gasteiger partial charge in [0.15, 0.2) is 5.76 Å². The van der Waals surface area contributed by atoms with E-state index in [4.69, 9.17) is 16.0 Å². The molecule has 0 saturated carbocycles. The molecule has 2 aromatic rings. The molecule has 0 aliphatic carbocycles. The molecular formula is C16H17ClN2O3. The highest BCUT2D eigenvalue weighted by Gasteiger charge is 2.08. The summed E-state index contributed by atoms with van der Waals surface area (Å²) in [5, 5.41) is 6.11. The fourth-order valence-electron chi connectivity index (χ4n) is 1.91. The van der Waals surface area contributed by atoms with Gasteiger partial charge in [0.2, 0.25) is 5.91 Å². The average molecular weight is 321 g/mol. The van der Waals surface area contributed by atoms with Gasteiger partial charge in [0.05, 0.1) is 6.26 Å². The van der Waals surface area contributed by atoms with Gasteiger partial charge in [-0.2, -0.15) is 0 Å². The Bertz CT molecular complexity index is 626. The molecule has 0 aliphatic heterocycles. The highest BCUT2D eigenvalue weighted by atomic mass is 35.5. The van der Waals surface area contributed by atoms with Crippen LogP contribution in [0.4, 0.5) is 0 Å². The molecule has 1 aromatic heterocycles. The first-order valence-corrected chi connectivity index (χ1v) is 7.36. The van der Waals surface area contributed by atoms with Crippen molar-refractivity contribution < 1.29 is 14.0 Å². The third kappa shape index (κ3) is 5.26. The zero-order valence-corrected chi connectivity index (χ0v) is 12.7. The average Bonchev–Trinajstić information content (AvgIpc) is 3.01. The molecule has 2 amide bonds. The molecule has 0 aliphatic rings. The number of carbonyl (C=O) groups excluding carboxylic acids is 2. The second-order valence-corrected chi connectivity index (χ2v) is 5.15. The number of halogens is 1. The van der Waals surface area contributed by atoms with Crippen molar-refractivity contribution in [1.29, 1.82) is 0 Å². The molecule has 22 heavy (non-hydrogen) atoms. The second-order valence-electron chi connectivity index (χ2n) is 4.71. The van der Waals surface area contributed by atoms with E-state index in [0.29, 0.717) is 18.0 Å². The van der Waals surface area contributed by atoms with Crippen LogP contribution in [-0.2, 0) is 11.2 Å². The quantitative estimate of drug-likeness (QED) is 0.823. The van der Waals surface area contributed by atoms with Gasteiger partial charge in [0, 0.05) is 24.5 Å². The van der Waals surface area contributed by atoms with Crippen LogP contribution in [0.1, 0.15) is 22.5 Å². The van der Waals surface area contributed by atoms with Gasteiger partial charge < -0.3 is 15.1 Å². The summed E-state index contributed by atoms with van der Waals surface area (Å²) in [6.07, 6.45) is 2.37. The highest BCUT2D eigenvalue weighted by molar-refractivity contribution is 6.30. The number of hydrogen-bond donors (Lipinski definition) is 2. The van der Waals surface area contributed by atoms with Crippen LogP contribution < -0.4 is 10.6 Å². The van der Waals surface area contributed by atoms with E-state index in [1.165, 1.54) is 6.26 Å². The van der Waals surface area contributed by atoms with E-state index in [1.54, 1.807) is 12.1 Å². The molecule has 0 bridgehead atoms. The Morgan fingerprint density at radius 2 is 1.95 bits per heavy atom. The normalized spacial score (nSPS) is 10.2. The predicted molar refractivity (Wildman–Crippen MR) is 83.8 cm³/mol. The number of rotatable bonds is 7. The molecule has 0 radical (unpaired) electrons. The van der Waals surface area contributed by atoms with Crippen LogP contribution in [0.3, 0.4) is 0 Å². The van der Waals surface area contributed by atoms with Crippen molar-refractivity contribution in [3.63, 3.8) is 0 Å². The van der Waals surface area contributed by atoms with Gasteiger partial charge >= 0.3 is 0 Å². The standard InChI is InChI=1S/C16H17ClN2O3/c17-13-4-1-3-12(11-13)6-8-18-15(20)7-9-19-16(21)14-5-2-10-22-14/h1-5,10-11H,6-9H2,(H,18,20)(H,19,21). The molecule has 2 N–H and O–H groups in total. The third-order valence-corrected chi connectivity index (χ3v) is 3.24. The number of carbonyl (C=O) groups is 2. The number of amides is 2. The minimum Gasteiger partial charge on any atom is -0.459 e. The molecular weight excluding hydrogens is 304 g/mol. The molecule has 0 spiro atoms. The van der Waals surface area contributed by atoms with E-state index in [9.17, 15) is 9.59 Å². The maximum absolute atomic E-state index is 11.7. The SMILES string of the molecule is O=C(CCNC(=O)c1ccco1)NCCc1cccc(Cl)c1. The molecule has 0 fully saturated rings. The summed E-state index contributed by atoms with van der Waals surface area (Å²) in [4.78, 5) is 23.2. The summed E-state index contributed by atoms with van der Waals surface area (Å²) in [5.41, 5.74) is 1.07.